The van der Waals surface area contributed by atoms with Crippen molar-refractivity contribution in [1.29, 1.82) is 0 Å². The van der Waals surface area contributed by atoms with Crippen LogP contribution in [0.1, 0.15) is 24.8 Å². The Kier molecular flexibility index (Phi) is 5.94. The summed E-state index contributed by atoms with van der Waals surface area (Å²) in [6.07, 6.45) is 1.00. The largest absolute Gasteiger partial charge is 0.452 e. The highest BCUT2D eigenvalue weighted by atomic mass is 79.9. The van der Waals surface area contributed by atoms with E-state index >= 15 is 0 Å². The highest BCUT2D eigenvalue weighted by molar-refractivity contribution is 9.10. The first-order valence-electron chi connectivity index (χ1n) is 6.38. The van der Waals surface area contributed by atoms with E-state index in [1.54, 1.807) is 10.9 Å². The van der Waals surface area contributed by atoms with Gasteiger partial charge in [-0.2, -0.15) is 0 Å². The molecule has 2 aromatic rings. The molecular weight excluding hydrogens is 378 g/mol. The zero-order valence-corrected chi connectivity index (χ0v) is 14.6. The van der Waals surface area contributed by atoms with Gasteiger partial charge in [-0.3, -0.25) is 0 Å². The molecule has 0 saturated heterocycles. The Morgan fingerprint density at radius 2 is 2.24 bits per heavy atom. The number of nitrogens with one attached hydrogen (secondary N) is 2. The molecule has 0 bridgehead atoms. The topological polar surface area (TPSA) is 84.2 Å². The van der Waals surface area contributed by atoms with Gasteiger partial charge in [0.1, 0.15) is 10.7 Å². The standard InChI is InChI=1S/C12H16BrN3O3S2/c1-2-3-14-6-10-4-11(12(13)19-10)21(17,18)16-5-9-7-20-8-15-9/h4,7-8,14,16H,2-3,5-6H2,1H3. The summed E-state index contributed by atoms with van der Waals surface area (Å²) >= 11 is 4.58. The van der Waals surface area contributed by atoms with Crippen LogP contribution in [0, 0.1) is 0 Å². The minimum absolute atomic E-state index is 0.103. The smallest absolute Gasteiger partial charge is 0.245 e. The molecule has 6 nitrogen and oxygen atoms in total. The molecule has 0 unspecified atom stereocenters. The Labute approximate surface area is 136 Å². The molecule has 0 aromatic carbocycles. The average molecular weight is 394 g/mol. The van der Waals surface area contributed by atoms with Gasteiger partial charge in [0.25, 0.3) is 0 Å². The van der Waals surface area contributed by atoms with Gasteiger partial charge in [0.05, 0.1) is 24.3 Å². The van der Waals surface area contributed by atoms with Gasteiger partial charge in [0.15, 0.2) is 4.67 Å². The van der Waals surface area contributed by atoms with Crippen LogP contribution in [0.4, 0.5) is 0 Å². The Morgan fingerprint density at radius 3 is 2.90 bits per heavy atom. The second kappa shape index (κ2) is 7.50. The SMILES string of the molecule is CCCNCc1cc(S(=O)(=O)NCc2cscn2)c(Br)o1. The second-order valence-corrected chi connectivity index (χ2v) is 7.51. The number of hydrogen-bond acceptors (Lipinski definition) is 6. The zero-order chi connectivity index (χ0) is 15.3. The van der Waals surface area contributed by atoms with Crippen molar-refractivity contribution < 1.29 is 12.8 Å². The van der Waals surface area contributed by atoms with E-state index in [4.69, 9.17) is 4.42 Å². The normalized spacial score (nSPS) is 11.9. The maximum absolute atomic E-state index is 12.2. The van der Waals surface area contributed by atoms with Crippen molar-refractivity contribution in [3.8, 4) is 0 Å². The number of rotatable bonds is 8. The van der Waals surface area contributed by atoms with Crippen LogP contribution in [0.5, 0.6) is 0 Å². The van der Waals surface area contributed by atoms with E-state index in [2.05, 4.69) is 37.9 Å². The molecule has 2 aromatic heterocycles. The van der Waals surface area contributed by atoms with Crippen molar-refractivity contribution >= 4 is 37.3 Å². The van der Waals surface area contributed by atoms with Gasteiger partial charge in [-0.15, -0.1) is 11.3 Å². The molecule has 0 aliphatic heterocycles. The lowest BCUT2D eigenvalue weighted by Gasteiger charge is -2.02. The van der Waals surface area contributed by atoms with E-state index in [1.165, 1.54) is 17.4 Å². The molecule has 116 valence electrons. The fourth-order valence-corrected chi connectivity index (χ4v) is 4.18. The summed E-state index contributed by atoms with van der Waals surface area (Å²) < 4.78 is 32.6. The van der Waals surface area contributed by atoms with Gasteiger partial charge in [0, 0.05) is 11.4 Å². The number of aromatic nitrogens is 1. The molecule has 0 amide bonds. The lowest BCUT2D eigenvalue weighted by molar-refractivity contribution is 0.461. The molecule has 2 rings (SSSR count). The van der Waals surface area contributed by atoms with Gasteiger partial charge in [-0.25, -0.2) is 18.1 Å². The molecule has 0 saturated carbocycles. The van der Waals surface area contributed by atoms with E-state index < -0.39 is 10.0 Å². The van der Waals surface area contributed by atoms with E-state index in [0.717, 1.165) is 13.0 Å². The Balaban J connectivity index is 2.05. The molecule has 0 atom stereocenters. The molecule has 2 N–H and O–H groups in total. The van der Waals surface area contributed by atoms with Gasteiger partial charge in [-0.05, 0) is 28.9 Å². The minimum atomic E-state index is -3.63. The zero-order valence-electron chi connectivity index (χ0n) is 11.4. The number of sulfonamides is 1. The molecule has 0 spiro atoms. The van der Waals surface area contributed by atoms with Crippen LogP contribution in [0.2, 0.25) is 0 Å². The first-order chi connectivity index (χ1) is 10.0. The van der Waals surface area contributed by atoms with Crippen molar-refractivity contribution in [2.75, 3.05) is 6.54 Å². The average Bonchev–Trinajstić information content (AvgIpc) is 3.07. The highest BCUT2D eigenvalue weighted by Gasteiger charge is 2.22. The van der Waals surface area contributed by atoms with Crippen molar-refractivity contribution in [3.63, 3.8) is 0 Å². The fourth-order valence-electron chi connectivity index (χ4n) is 1.63. The quantitative estimate of drug-likeness (QED) is 0.672. The Bertz CT molecular complexity index is 668. The van der Waals surface area contributed by atoms with Crippen LogP contribution in [-0.2, 0) is 23.1 Å². The van der Waals surface area contributed by atoms with Crippen LogP contribution in [0.25, 0.3) is 0 Å². The molecule has 0 aliphatic carbocycles. The van der Waals surface area contributed by atoms with E-state index in [9.17, 15) is 8.42 Å². The van der Waals surface area contributed by atoms with E-state index in [0.29, 0.717) is 18.0 Å². The van der Waals surface area contributed by atoms with Crippen LogP contribution in [-0.4, -0.2) is 19.9 Å². The van der Waals surface area contributed by atoms with Crippen LogP contribution in [0.3, 0.4) is 0 Å². The van der Waals surface area contributed by atoms with Gasteiger partial charge in [-0.1, -0.05) is 6.92 Å². The monoisotopic (exact) mass is 393 g/mol. The van der Waals surface area contributed by atoms with Crippen molar-refractivity contribution in [3.05, 3.63) is 33.1 Å². The summed E-state index contributed by atoms with van der Waals surface area (Å²) in [5.74, 6) is 0.573. The van der Waals surface area contributed by atoms with Crippen LogP contribution >= 0.6 is 27.3 Å². The molecule has 9 heteroatoms. The van der Waals surface area contributed by atoms with Crippen molar-refractivity contribution in [2.24, 2.45) is 0 Å². The third-order valence-corrected chi connectivity index (χ3v) is 5.54. The van der Waals surface area contributed by atoms with Gasteiger partial charge < -0.3 is 9.73 Å². The number of hydrogen-bond donors (Lipinski definition) is 2. The fraction of sp³-hybridized carbons (Fsp3) is 0.417. The van der Waals surface area contributed by atoms with Gasteiger partial charge in [0.2, 0.25) is 10.0 Å². The summed E-state index contributed by atoms with van der Waals surface area (Å²) in [7, 11) is -3.63. The van der Waals surface area contributed by atoms with Crippen LogP contribution in [0.15, 0.2) is 30.9 Å². The lowest BCUT2D eigenvalue weighted by atomic mass is 10.4. The summed E-state index contributed by atoms with van der Waals surface area (Å²) in [4.78, 5) is 4.14. The second-order valence-electron chi connectivity index (χ2n) is 4.33. The summed E-state index contributed by atoms with van der Waals surface area (Å²) in [5.41, 5.74) is 2.35. The molecule has 0 radical (unpaired) electrons. The summed E-state index contributed by atoms with van der Waals surface area (Å²) in [6.45, 7) is 3.56. The first-order valence-corrected chi connectivity index (χ1v) is 9.60. The Hall–Kier alpha value is -0.740. The first kappa shape index (κ1) is 16.6. The number of halogens is 1. The number of nitrogens with zero attached hydrogens (tertiary/aromatic N) is 1. The third-order valence-electron chi connectivity index (χ3n) is 2.65. The van der Waals surface area contributed by atoms with E-state index in [1.807, 2.05) is 0 Å². The van der Waals surface area contributed by atoms with E-state index in [-0.39, 0.29) is 16.1 Å². The molecular formula is C12H16BrN3O3S2. The minimum Gasteiger partial charge on any atom is -0.452 e. The van der Waals surface area contributed by atoms with Crippen LogP contribution < -0.4 is 10.0 Å². The third kappa shape index (κ3) is 4.62. The molecule has 21 heavy (non-hydrogen) atoms. The maximum atomic E-state index is 12.2. The molecule has 0 aliphatic rings. The summed E-state index contributed by atoms with van der Waals surface area (Å²) in [6, 6.07) is 1.52. The maximum Gasteiger partial charge on any atom is 0.245 e. The summed E-state index contributed by atoms with van der Waals surface area (Å²) in [5, 5.41) is 4.96. The molecule has 0 fully saturated rings. The number of thiazole rings is 1. The molecule has 2 heterocycles. The lowest BCUT2D eigenvalue weighted by Crippen LogP contribution is -2.23. The van der Waals surface area contributed by atoms with Crippen molar-refractivity contribution in [2.45, 2.75) is 31.3 Å². The highest BCUT2D eigenvalue weighted by Crippen LogP contribution is 2.26. The Morgan fingerprint density at radius 1 is 1.43 bits per heavy atom. The van der Waals surface area contributed by atoms with Gasteiger partial charge >= 0.3 is 0 Å². The number of furan rings is 1. The predicted molar refractivity (Wildman–Crippen MR) is 84.5 cm³/mol. The predicted octanol–water partition coefficient (Wildman–Crippen LogP) is 2.48. The van der Waals surface area contributed by atoms with Crippen molar-refractivity contribution in [1.82, 2.24) is 15.0 Å².